The SMILES string of the molecule is N#Cc1ccc(N(c2ccc(/C=C/c3cccc4ccccc34)cc2)c2ccc3c(ccc4cc(/C=C/c5ccccc5)ccc43)c2)cc1. The van der Waals surface area contributed by atoms with Gasteiger partial charge in [-0.05, 0) is 109 Å². The Morgan fingerprint density at radius 3 is 1.73 bits per heavy atom. The molecule has 0 aliphatic heterocycles. The molecule has 0 spiro atoms. The normalized spacial score (nSPS) is 11.5. The van der Waals surface area contributed by atoms with Gasteiger partial charge in [0.1, 0.15) is 0 Å². The monoisotopic (exact) mass is 624 g/mol. The molecule has 0 amide bonds. The van der Waals surface area contributed by atoms with Crippen molar-refractivity contribution in [1.82, 2.24) is 0 Å². The number of fused-ring (bicyclic) bond motifs is 4. The molecule has 0 unspecified atom stereocenters. The molecule has 0 bridgehead atoms. The summed E-state index contributed by atoms with van der Waals surface area (Å²) in [5.74, 6) is 0. The highest BCUT2D eigenvalue weighted by Crippen LogP contribution is 2.38. The zero-order chi connectivity index (χ0) is 33.0. The first-order chi connectivity index (χ1) is 24.2. The van der Waals surface area contributed by atoms with Crippen LogP contribution in [-0.4, -0.2) is 0 Å². The van der Waals surface area contributed by atoms with Gasteiger partial charge in [0, 0.05) is 17.1 Å². The van der Waals surface area contributed by atoms with Crippen molar-refractivity contribution in [3.05, 3.63) is 198 Å². The maximum Gasteiger partial charge on any atom is 0.0991 e. The molecule has 0 saturated carbocycles. The van der Waals surface area contributed by atoms with E-state index in [0.29, 0.717) is 5.56 Å². The Morgan fingerprint density at radius 2 is 0.959 bits per heavy atom. The van der Waals surface area contributed by atoms with Crippen LogP contribution >= 0.6 is 0 Å². The number of hydrogen-bond acceptors (Lipinski definition) is 2. The first kappa shape index (κ1) is 29.7. The summed E-state index contributed by atoms with van der Waals surface area (Å²) in [5.41, 5.74) is 8.42. The van der Waals surface area contributed by atoms with Crippen molar-refractivity contribution >= 4 is 73.7 Å². The van der Waals surface area contributed by atoms with Gasteiger partial charge >= 0.3 is 0 Å². The van der Waals surface area contributed by atoms with Gasteiger partial charge in [0.25, 0.3) is 0 Å². The third kappa shape index (κ3) is 6.22. The van der Waals surface area contributed by atoms with Gasteiger partial charge in [-0.3, -0.25) is 0 Å². The predicted molar refractivity (Wildman–Crippen MR) is 209 cm³/mol. The molecule has 2 heteroatoms. The second kappa shape index (κ2) is 13.2. The fourth-order valence-corrected chi connectivity index (χ4v) is 6.53. The first-order valence-corrected chi connectivity index (χ1v) is 16.5. The highest BCUT2D eigenvalue weighted by Gasteiger charge is 2.14. The Balaban J connectivity index is 1.13. The van der Waals surface area contributed by atoms with Crippen molar-refractivity contribution in [1.29, 1.82) is 5.26 Å². The molecule has 8 rings (SSSR count). The van der Waals surface area contributed by atoms with E-state index < -0.39 is 0 Å². The molecule has 0 fully saturated rings. The largest absolute Gasteiger partial charge is 0.310 e. The minimum atomic E-state index is 0.639. The molecular formula is C47H32N2. The van der Waals surface area contributed by atoms with Gasteiger partial charge in [-0.2, -0.15) is 5.26 Å². The van der Waals surface area contributed by atoms with Crippen molar-refractivity contribution in [2.45, 2.75) is 0 Å². The number of benzene rings is 8. The third-order valence-electron chi connectivity index (χ3n) is 9.05. The lowest BCUT2D eigenvalue weighted by atomic mass is 9.99. The molecule has 49 heavy (non-hydrogen) atoms. The molecule has 0 aliphatic carbocycles. The van der Waals surface area contributed by atoms with Crippen LogP contribution in [0.4, 0.5) is 17.1 Å². The van der Waals surface area contributed by atoms with Crippen molar-refractivity contribution < 1.29 is 0 Å². The smallest absolute Gasteiger partial charge is 0.0991 e. The van der Waals surface area contributed by atoms with E-state index in [1.807, 2.05) is 30.3 Å². The summed E-state index contributed by atoms with van der Waals surface area (Å²) in [6.07, 6.45) is 8.68. The van der Waals surface area contributed by atoms with Crippen molar-refractivity contribution in [3.63, 3.8) is 0 Å². The number of anilines is 3. The van der Waals surface area contributed by atoms with E-state index in [1.165, 1.54) is 49.0 Å². The number of hydrogen-bond donors (Lipinski definition) is 0. The molecule has 0 aromatic heterocycles. The summed E-state index contributed by atoms with van der Waals surface area (Å²) >= 11 is 0. The van der Waals surface area contributed by atoms with E-state index in [1.54, 1.807) is 0 Å². The van der Waals surface area contributed by atoms with Crippen molar-refractivity contribution in [2.75, 3.05) is 4.90 Å². The van der Waals surface area contributed by atoms with E-state index >= 15 is 0 Å². The minimum Gasteiger partial charge on any atom is -0.310 e. The van der Waals surface area contributed by atoms with Crippen LogP contribution in [-0.2, 0) is 0 Å². The van der Waals surface area contributed by atoms with Gasteiger partial charge in [-0.25, -0.2) is 0 Å². The van der Waals surface area contributed by atoms with Gasteiger partial charge in [0.2, 0.25) is 0 Å². The summed E-state index contributed by atoms with van der Waals surface area (Å²) in [6.45, 7) is 0. The molecular weight excluding hydrogens is 593 g/mol. The molecule has 230 valence electrons. The maximum absolute atomic E-state index is 9.45. The standard InChI is InChI=1S/C47H32N2/c48-33-37-18-26-43(27-19-37)49(42-24-16-35(17-25-42)15-21-39-11-6-10-38-9-4-5-12-45(38)39)44-28-30-47-41(32-44)23-22-40-31-36(20-29-46(40)47)14-13-34-7-2-1-3-8-34/h1-32H/b14-13+,21-15+. The lowest BCUT2D eigenvalue weighted by molar-refractivity contribution is 1.28. The maximum atomic E-state index is 9.45. The van der Waals surface area contributed by atoms with Gasteiger partial charge in [0.15, 0.2) is 0 Å². The highest BCUT2D eigenvalue weighted by atomic mass is 15.1. The average molecular weight is 625 g/mol. The van der Waals surface area contributed by atoms with Crippen LogP contribution in [0, 0.1) is 11.3 Å². The zero-order valence-corrected chi connectivity index (χ0v) is 26.9. The molecule has 0 saturated heterocycles. The molecule has 8 aromatic rings. The lowest BCUT2D eigenvalue weighted by Gasteiger charge is -2.26. The summed E-state index contributed by atoms with van der Waals surface area (Å²) in [6, 6.07) is 61.7. The zero-order valence-electron chi connectivity index (χ0n) is 26.9. The van der Waals surface area contributed by atoms with Crippen LogP contribution in [0.2, 0.25) is 0 Å². The fourth-order valence-electron chi connectivity index (χ4n) is 6.53. The van der Waals surface area contributed by atoms with Crippen LogP contribution in [0.1, 0.15) is 27.8 Å². The first-order valence-electron chi connectivity index (χ1n) is 16.5. The fraction of sp³-hybridized carbons (Fsp3) is 0. The lowest BCUT2D eigenvalue weighted by Crippen LogP contribution is -2.09. The van der Waals surface area contributed by atoms with Crippen LogP contribution in [0.15, 0.2) is 170 Å². The second-order valence-corrected chi connectivity index (χ2v) is 12.2. The topological polar surface area (TPSA) is 27.0 Å². The van der Waals surface area contributed by atoms with E-state index in [-0.39, 0.29) is 0 Å². The minimum absolute atomic E-state index is 0.639. The Kier molecular flexibility index (Phi) is 8.00. The van der Waals surface area contributed by atoms with E-state index in [0.717, 1.165) is 22.6 Å². The van der Waals surface area contributed by atoms with Gasteiger partial charge in [0.05, 0.1) is 11.6 Å². The Morgan fingerprint density at radius 1 is 0.388 bits per heavy atom. The molecule has 0 aliphatic rings. The van der Waals surface area contributed by atoms with Crippen LogP contribution < -0.4 is 4.90 Å². The Hall–Kier alpha value is -6.69. The summed E-state index contributed by atoms with van der Waals surface area (Å²) in [5, 5.41) is 16.8. The molecule has 0 heterocycles. The summed E-state index contributed by atoms with van der Waals surface area (Å²) < 4.78 is 0. The number of nitriles is 1. The van der Waals surface area contributed by atoms with Gasteiger partial charge in [-0.15, -0.1) is 0 Å². The van der Waals surface area contributed by atoms with Crippen molar-refractivity contribution in [3.8, 4) is 6.07 Å². The second-order valence-electron chi connectivity index (χ2n) is 12.2. The summed E-state index contributed by atoms with van der Waals surface area (Å²) in [7, 11) is 0. The highest BCUT2D eigenvalue weighted by molar-refractivity contribution is 6.09. The van der Waals surface area contributed by atoms with Gasteiger partial charge in [-0.1, -0.05) is 140 Å². The molecule has 0 atom stereocenters. The van der Waals surface area contributed by atoms with E-state index in [2.05, 4.69) is 175 Å². The van der Waals surface area contributed by atoms with E-state index in [4.69, 9.17) is 0 Å². The van der Waals surface area contributed by atoms with Crippen LogP contribution in [0.5, 0.6) is 0 Å². The van der Waals surface area contributed by atoms with Crippen LogP contribution in [0.3, 0.4) is 0 Å². The summed E-state index contributed by atoms with van der Waals surface area (Å²) in [4.78, 5) is 2.25. The predicted octanol–water partition coefficient (Wildman–Crippen LogP) is 12.8. The third-order valence-corrected chi connectivity index (χ3v) is 9.05. The number of nitrogens with zero attached hydrogens (tertiary/aromatic N) is 2. The molecule has 2 nitrogen and oxygen atoms in total. The van der Waals surface area contributed by atoms with Crippen molar-refractivity contribution in [2.24, 2.45) is 0 Å². The van der Waals surface area contributed by atoms with E-state index in [9.17, 15) is 5.26 Å². The molecule has 8 aromatic carbocycles. The Labute approximate surface area is 286 Å². The molecule has 0 N–H and O–H groups in total. The quantitative estimate of drug-likeness (QED) is 0.130. The van der Waals surface area contributed by atoms with Crippen LogP contribution in [0.25, 0.3) is 56.6 Å². The van der Waals surface area contributed by atoms with Gasteiger partial charge < -0.3 is 4.90 Å². The molecule has 0 radical (unpaired) electrons. The Bertz CT molecular complexity index is 2530. The number of rotatable bonds is 7. The average Bonchev–Trinajstić information content (AvgIpc) is 3.17.